The van der Waals surface area contributed by atoms with Crippen molar-refractivity contribution in [2.45, 2.75) is 30.6 Å². The highest BCUT2D eigenvalue weighted by Crippen LogP contribution is 2.28. The van der Waals surface area contributed by atoms with Crippen molar-refractivity contribution in [1.29, 1.82) is 0 Å². The summed E-state index contributed by atoms with van der Waals surface area (Å²) in [5.41, 5.74) is 1.63. The summed E-state index contributed by atoms with van der Waals surface area (Å²) in [7, 11) is 1.59. The van der Waals surface area contributed by atoms with Crippen LogP contribution in [0.1, 0.15) is 28.8 Å². The molecule has 9 heteroatoms. The van der Waals surface area contributed by atoms with Gasteiger partial charge in [-0.05, 0) is 37.3 Å². The van der Waals surface area contributed by atoms with Crippen LogP contribution in [-0.4, -0.2) is 66.5 Å². The van der Waals surface area contributed by atoms with E-state index in [2.05, 4.69) is 20.2 Å². The molecule has 1 amide bonds. The first-order valence-corrected chi connectivity index (χ1v) is 11.5. The Labute approximate surface area is 186 Å². The summed E-state index contributed by atoms with van der Waals surface area (Å²) in [5.74, 6) is 0.438. The summed E-state index contributed by atoms with van der Waals surface area (Å²) in [6.07, 6.45) is 7.70. The third kappa shape index (κ3) is 6.57. The Morgan fingerprint density at radius 1 is 1.30 bits per heavy atom. The van der Waals surface area contributed by atoms with Crippen molar-refractivity contribution in [2.24, 2.45) is 0 Å². The summed E-state index contributed by atoms with van der Waals surface area (Å²) in [5, 5.41) is 4.02. The molecule has 0 spiro atoms. The van der Waals surface area contributed by atoms with Crippen LogP contribution >= 0.6 is 23.4 Å². The number of halogens is 1. The first-order chi connectivity index (χ1) is 14.6. The van der Waals surface area contributed by atoms with E-state index in [9.17, 15) is 4.79 Å². The lowest BCUT2D eigenvalue weighted by molar-refractivity contribution is 0.0935. The Kier molecular flexibility index (Phi) is 8.74. The predicted octanol–water partition coefficient (Wildman–Crippen LogP) is 3.27. The molecule has 1 aromatic heterocycles. The number of hydrogen-bond donors (Lipinski definition) is 1. The third-order valence-electron chi connectivity index (χ3n) is 4.88. The van der Waals surface area contributed by atoms with E-state index >= 15 is 0 Å². The molecule has 0 radical (unpaired) electrons. The molecule has 162 valence electrons. The van der Waals surface area contributed by atoms with Gasteiger partial charge in [0.1, 0.15) is 11.9 Å². The molecule has 2 heterocycles. The van der Waals surface area contributed by atoms with Crippen molar-refractivity contribution >= 4 is 29.3 Å². The summed E-state index contributed by atoms with van der Waals surface area (Å²) in [6, 6.07) is 5.15. The van der Waals surface area contributed by atoms with Crippen LogP contribution in [-0.2, 0) is 11.3 Å². The average Bonchev–Trinajstić information content (AvgIpc) is 2.77. The van der Waals surface area contributed by atoms with Gasteiger partial charge in [-0.25, -0.2) is 9.97 Å². The second-order valence-corrected chi connectivity index (χ2v) is 8.25. The number of ether oxygens (including phenoxy) is 2. The van der Waals surface area contributed by atoms with Gasteiger partial charge in [0.05, 0.1) is 11.6 Å². The molecule has 1 aliphatic heterocycles. The molecule has 1 saturated heterocycles. The smallest absolute Gasteiger partial charge is 0.251 e. The molecule has 0 saturated carbocycles. The van der Waals surface area contributed by atoms with E-state index in [-0.39, 0.29) is 12.0 Å². The van der Waals surface area contributed by atoms with E-state index in [0.717, 1.165) is 43.2 Å². The first-order valence-electron chi connectivity index (χ1n) is 9.89. The normalized spacial score (nSPS) is 15.2. The zero-order valence-electron chi connectivity index (χ0n) is 17.3. The molecule has 1 aromatic carbocycles. The number of nitrogens with one attached hydrogen (secondary N) is 1. The fourth-order valence-electron chi connectivity index (χ4n) is 3.26. The van der Waals surface area contributed by atoms with E-state index in [1.165, 1.54) is 0 Å². The summed E-state index contributed by atoms with van der Waals surface area (Å²) in [6.45, 7) is 3.64. The molecule has 1 N–H and O–H groups in total. The minimum atomic E-state index is -0.177. The van der Waals surface area contributed by atoms with E-state index in [0.29, 0.717) is 29.5 Å². The molecule has 1 aliphatic rings. The highest BCUT2D eigenvalue weighted by Gasteiger charge is 2.22. The maximum absolute atomic E-state index is 12.1. The average molecular weight is 451 g/mol. The van der Waals surface area contributed by atoms with Gasteiger partial charge in [0.15, 0.2) is 5.16 Å². The van der Waals surface area contributed by atoms with Crippen LogP contribution in [0.4, 0.5) is 0 Å². The Hall–Kier alpha value is -1.87. The molecule has 1 fully saturated rings. The fraction of sp³-hybridized carbons (Fsp3) is 0.476. The minimum Gasteiger partial charge on any atom is -0.489 e. The van der Waals surface area contributed by atoms with Gasteiger partial charge in [-0.3, -0.25) is 9.69 Å². The molecule has 30 heavy (non-hydrogen) atoms. The molecular formula is C21H27ClN4O3S. The standard InChI is InChI=1S/C21H27ClN4O3S/c1-28-10-7-23-20(27)16-3-4-19(18(22)11-16)29-17-5-8-26(9-6-17)14-15-12-24-21(30-2)25-13-15/h3-4,11-13,17H,5-10,14H2,1-2H3,(H,23,27). The van der Waals surface area contributed by atoms with Gasteiger partial charge in [-0.2, -0.15) is 0 Å². The zero-order valence-corrected chi connectivity index (χ0v) is 18.8. The second kappa shape index (κ2) is 11.5. The summed E-state index contributed by atoms with van der Waals surface area (Å²) < 4.78 is 11.0. The quantitative estimate of drug-likeness (QED) is 0.357. The highest BCUT2D eigenvalue weighted by molar-refractivity contribution is 7.98. The molecule has 3 rings (SSSR count). The fourth-order valence-corrected chi connectivity index (χ4v) is 3.80. The zero-order chi connectivity index (χ0) is 21.3. The van der Waals surface area contributed by atoms with Gasteiger partial charge >= 0.3 is 0 Å². The topological polar surface area (TPSA) is 76.6 Å². The number of methoxy groups -OCH3 is 1. The summed E-state index contributed by atoms with van der Waals surface area (Å²) in [4.78, 5) is 23.2. The first kappa shape index (κ1) is 22.8. The van der Waals surface area contributed by atoms with E-state index in [1.807, 2.05) is 18.6 Å². The highest BCUT2D eigenvalue weighted by atomic mass is 35.5. The number of carbonyl (C=O) groups is 1. The Bertz CT molecular complexity index is 830. The van der Waals surface area contributed by atoms with Crippen LogP contribution in [0.15, 0.2) is 35.7 Å². The van der Waals surface area contributed by atoms with Crippen LogP contribution in [0.3, 0.4) is 0 Å². The van der Waals surface area contributed by atoms with Crippen LogP contribution in [0.25, 0.3) is 0 Å². The number of rotatable bonds is 9. The Balaban J connectivity index is 1.47. The maximum atomic E-state index is 12.1. The number of carbonyl (C=O) groups excluding carboxylic acids is 1. The van der Waals surface area contributed by atoms with Crippen molar-refractivity contribution in [1.82, 2.24) is 20.2 Å². The van der Waals surface area contributed by atoms with Crippen LogP contribution < -0.4 is 10.1 Å². The predicted molar refractivity (Wildman–Crippen MR) is 118 cm³/mol. The van der Waals surface area contributed by atoms with Crippen molar-refractivity contribution in [2.75, 3.05) is 39.6 Å². The lowest BCUT2D eigenvalue weighted by Gasteiger charge is -2.32. The molecule has 0 aliphatic carbocycles. The largest absolute Gasteiger partial charge is 0.489 e. The van der Waals surface area contributed by atoms with Crippen molar-refractivity contribution in [3.63, 3.8) is 0 Å². The maximum Gasteiger partial charge on any atom is 0.251 e. The SMILES string of the molecule is COCCNC(=O)c1ccc(OC2CCN(Cc3cnc(SC)nc3)CC2)c(Cl)c1. The number of piperidine rings is 1. The van der Waals surface area contributed by atoms with Gasteiger partial charge < -0.3 is 14.8 Å². The van der Waals surface area contributed by atoms with Crippen molar-refractivity contribution < 1.29 is 14.3 Å². The number of amides is 1. The molecule has 0 bridgehead atoms. The Morgan fingerprint density at radius 3 is 2.67 bits per heavy atom. The van der Waals surface area contributed by atoms with Gasteiger partial charge in [0.25, 0.3) is 5.91 Å². The van der Waals surface area contributed by atoms with Crippen molar-refractivity contribution in [3.8, 4) is 5.75 Å². The Morgan fingerprint density at radius 2 is 2.03 bits per heavy atom. The number of benzene rings is 1. The monoisotopic (exact) mass is 450 g/mol. The molecular weight excluding hydrogens is 424 g/mol. The minimum absolute atomic E-state index is 0.107. The van der Waals surface area contributed by atoms with Crippen LogP contribution in [0.5, 0.6) is 5.75 Å². The van der Waals surface area contributed by atoms with Gasteiger partial charge in [-0.1, -0.05) is 23.4 Å². The van der Waals surface area contributed by atoms with Crippen molar-refractivity contribution in [3.05, 3.63) is 46.7 Å². The summed E-state index contributed by atoms with van der Waals surface area (Å²) >= 11 is 7.90. The molecule has 0 unspecified atom stereocenters. The number of thioether (sulfide) groups is 1. The van der Waals surface area contributed by atoms with Crippen LogP contribution in [0, 0.1) is 0 Å². The lowest BCUT2D eigenvalue weighted by Crippen LogP contribution is -2.37. The van der Waals surface area contributed by atoms with Crippen LogP contribution in [0.2, 0.25) is 5.02 Å². The number of aromatic nitrogens is 2. The van der Waals surface area contributed by atoms with E-state index < -0.39 is 0 Å². The third-order valence-corrected chi connectivity index (χ3v) is 5.76. The van der Waals surface area contributed by atoms with E-state index in [1.54, 1.807) is 37.1 Å². The van der Waals surface area contributed by atoms with Gasteiger partial charge in [0.2, 0.25) is 0 Å². The molecule has 7 nitrogen and oxygen atoms in total. The van der Waals surface area contributed by atoms with Gasteiger partial charge in [-0.15, -0.1) is 0 Å². The van der Waals surface area contributed by atoms with E-state index in [4.69, 9.17) is 21.1 Å². The molecule has 2 aromatic rings. The second-order valence-electron chi connectivity index (χ2n) is 7.07. The number of nitrogens with zero attached hydrogens (tertiary/aromatic N) is 3. The number of hydrogen-bond acceptors (Lipinski definition) is 7. The lowest BCUT2D eigenvalue weighted by atomic mass is 10.1. The van der Waals surface area contributed by atoms with Gasteiger partial charge in [0, 0.05) is 56.8 Å². The number of likely N-dealkylation sites (tertiary alicyclic amines) is 1. The molecule has 0 atom stereocenters.